The number of nitrogens with zero attached hydrogens (tertiary/aromatic N) is 2. The molecule has 0 radical (unpaired) electrons. The van der Waals surface area contributed by atoms with Crippen molar-refractivity contribution in [2.75, 3.05) is 11.4 Å². The van der Waals surface area contributed by atoms with Crippen molar-refractivity contribution in [3.8, 4) is 6.07 Å². The molecule has 0 fully saturated rings. The first-order valence-corrected chi connectivity index (χ1v) is 9.33. The number of esters is 1. The maximum absolute atomic E-state index is 12.8. The van der Waals surface area contributed by atoms with Crippen LogP contribution in [0.1, 0.15) is 40.4 Å². The van der Waals surface area contributed by atoms with E-state index < -0.39 is 12.1 Å². The molecular formula is C20H22N2O3S. The van der Waals surface area contributed by atoms with E-state index in [1.807, 2.05) is 44.2 Å². The molecule has 0 aliphatic carbocycles. The number of aryl methyl sites for hydroxylation is 2. The molecule has 1 aromatic heterocycles. The lowest BCUT2D eigenvalue weighted by Crippen LogP contribution is -2.40. The minimum atomic E-state index is -0.936. The quantitative estimate of drug-likeness (QED) is 0.688. The van der Waals surface area contributed by atoms with E-state index >= 15 is 0 Å². The van der Waals surface area contributed by atoms with Crippen molar-refractivity contribution < 1.29 is 14.3 Å². The lowest BCUT2D eigenvalue weighted by molar-refractivity contribution is -0.126. The van der Waals surface area contributed by atoms with Crippen LogP contribution in [-0.2, 0) is 16.0 Å². The molecule has 0 saturated carbocycles. The van der Waals surface area contributed by atoms with Gasteiger partial charge in [-0.2, -0.15) is 5.26 Å². The first-order valence-electron chi connectivity index (χ1n) is 8.51. The number of anilines is 1. The predicted molar refractivity (Wildman–Crippen MR) is 102 cm³/mol. The normalized spacial score (nSPS) is 11.5. The molecule has 0 aliphatic heterocycles. The van der Waals surface area contributed by atoms with E-state index in [1.54, 1.807) is 19.1 Å². The topological polar surface area (TPSA) is 70.4 Å². The Labute approximate surface area is 157 Å². The first kappa shape index (κ1) is 19.7. The van der Waals surface area contributed by atoms with Gasteiger partial charge in [-0.3, -0.25) is 4.79 Å². The molecule has 0 saturated heterocycles. The number of carbonyl (C=O) groups excluding carboxylic acids is 2. The minimum Gasteiger partial charge on any atom is -0.448 e. The van der Waals surface area contributed by atoms with Gasteiger partial charge in [0.15, 0.2) is 6.10 Å². The zero-order chi connectivity index (χ0) is 19.1. The van der Waals surface area contributed by atoms with Gasteiger partial charge in [0, 0.05) is 17.1 Å². The molecule has 1 heterocycles. The highest BCUT2D eigenvalue weighted by Gasteiger charge is 2.26. The highest BCUT2D eigenvalue weighted by Crippen LogP contribution is 2.23. The maximum atomic E-state index is 12.8. The molecule has 1 amide bonds. The van der Waals surface area contributed by atoms with E-state index in [0.717, 1.165) is 16.9 Å². The van der Waals surface area contributed by atoms with Crippen LogP contribution in [-0.4, -0.2) is 24.5 Å². The summed E-state index contributed by atoms with van der Waals surface area (Å²) in [7, 11) is 0. The van der Waals surface area contributed by atoms with Gasteiger partial charge in [0.05, 0.1) is 12.5 Å². The van der Waals surface area contributed by atoms with Crippen LogP contribution in [0.15, 0.2) is 36.4 Å². The van der Waals surface area contributed by atoms with Crippen molar-refractivity contribution in [2.24, 2.45) is 0 Å². The fourth-order valence-corrected chi connectivity index (χ4v) is 3.59. The van der Waals surface area contributed by atoms with E-state index in [2.05, 4.69) is 0 Å². The molecule has 1 atom stereocenters. The van der Waals surface area contributed by atoms with Gasteiger partial charge >= 0.3 is 5.97 Å². The molecule has 0 spiro atoms. The number of hydrogen-bond acceptors (Lipinski definition) is 5. The van der Waals surface area contributed by atoms with Crippen LogP contribution in [0, 0.1) is 18.3 Å². The second kappa shape index (κ2) is 9.16. The Morgan fingerprint density at radius 3 is 2.58 bits per heavy atom. The summed E-state index contributed by atoms with van der Waals surface area (Å²) in [5.74, 6) is -0.837. The van der Waals surface area contributed by atoms with Crippen molar-refractivity contribution in [1.29, 1.82) is 5.26 Å². The van der Waals surface area contributed by atoms with Crippen LogP contribution in [0.5, 0.6) is 0 Å². The fourth-order valence-electron chi connectivity index (χ4n) is 2.60. The minimum absolute atomic E-state index is 0.200. The number of nitriles is 1. The number of rotatable bonds is 7. The van der Waals surface area contributed by atoms with Crippen LogP contribution >= 0.6 is 11.3 Å². The van der Waals surface area contributed by atoms with Gasteiger partial charge in [0.2, 0.25) is 0 Å². The van der Waals surface area contributed by atoms with Gasteiger partial charge in [0.25, 0.3) is 5.91 Å². The van der Waals surface area contributed by atoms with Crippen LogP contribution in [0.25, 0.3) is 0 Å². The van der Waals surface area contributed by atoms with Gasteiger partial charge in [-0.25, -0.2) is 4.79 Å². The summed E-state index contributed by atoms with van der Waals surface area (Å²) in [4.78, 5) is 28.2. The number of hydrogen-bond donors (Lipinski definition) is 0. The summed E-state index contributed by atoms with van der Waals surface area (Å²) in [6.07, 6.45) is 0.111. The van der Waals surface area contributed by atoms with Gasteiger partial charge in [0.1, 0.15) is 4.88 Å². The Hall–Kier alpha value is -2.65. The number of para-hydroxylation sites is 1. The van der Waals surface area contributed by atoms with Crippen molar-refractivity contribution in [3.05, 3.63) is 51.7 Å². The molecule has 0 aliphatic rings. The zero-order valence-electron chi connectivity index (χ0n) is 15.2. The Bertz CT molecular complexity index is 808. The fraction of sp³-hybridized carbons (Fsp3) is 0.350. The maximum Gasteiger partial charge on any atom is 0.349 e. The average molecular weight is 370 g/mol. The number of ether oxygens (including phenoxy) is 1. The zero-order valence-corrected chi connectivity index (χ0v) is 16.0. The standard InChI is InChI=1S/C20H22N2O3S/c1-4-16-13-18(26-15(16)3)20(24)25-14(2)19(23)22(12-8-11-21)17-9-6-5-7-10-17/h5-7,9-10,13-14H,4,8,12H2,1-3H3/t14-/m1/s1. The van der Waals surface area contributed by atoms with Crippen molar-refractivity contribution >= 4 is 28.9 Å². The summed E-state index contributed by atoms with van der Waals surface area (Å²) < 4.78 is 5.39. The third-order valence-electron chi connectivity index (χ3n) is 4.02. The van der Waals surface area contributed by atoms with Gasteiger partial charge in [-0.15, -0.1) is 11.3 Å². The molecule has 0 unspecified atom stereocenters. The predicted octanol–water partition coefficient (Wildman–Crippen LogP) is 4.11. The lowest BCUT2D eigenvalue weighted by Gasteiger charge is -2.25. The third kappa shape index (κ3) is 4.70. The summed E-state index contributed by atoms with van der Waals surface area (Å²) >= 11 is 1.38. The molecule has 5 nitrogen and oxygen atoms in total. The Morgan fingerprint density at radius 1 is 1.31 bits per heavy atom. The van der Waals surface area contributed by atoms with E-state index in [0.29, 0.717) is 10.6 Å². The van der Waals surface area contributed by atoms with E-state index in [9.17, 15) is 9.59 Å². The lowest BCUT2D eigenvalue weighted by atomic mass is 10.2. The molecule has 0 N–H and O–H groups in total. The average Bonchev–Trinajstić information content (AvgIpc) is 3.03. The molecular weight excluding hydrogens is 348 g/mol. The van der Waals surface area contributed by atoms with Crippen molar-refractivity contribution in [2.45, 2.75) is 39.7 Å². The Kier molecular flexibility index (Phi) is 6.93. The Morgan fingerprint density at radius 2 is 2.00 bits per heavy atom. The van der Waals surface area contributed by atoms with Crippen LogP contribution in [0.2, 0.25) is 0 Å². The highest BCUT2D eigenvalue weighted by molar-refractivity contribution is 7.14. The van der Waals surface area contributed by atoms with Crippen molar-refractivity contribution in [3.63, 3.8) is 0 Å². The Balaban J connectivity index is 2.12. The van der Waals surface area contributed by atoms with Crippen LogP contribution < -0.4 is 4.90 Å². The van der Waals surface area contributed by atoms with Gasteiger partial charge in [-0.1, -0.05) is 25.1 Å². The summed E-state index contributed by atoms with van der Waals surface area (Å²) in [5.41, 5.74) is 1.79. The van der Waals surface area contributed by atoms with E-state index in [1.165, 1.54) is 16.2 Å². The van der Waals surface area contributed by atoms with Gasteiger partial charge in [-0.05, 0) is 44.0 Å². The van der Waals surface area contributed by atoms with Crippen molar-refractivity contribution in [1.82, 2.24) is 0 Å². The second-order valence-corrected chi connectivity index (χ2v) is 7.08. The third-order valence-corrected chi connectivity index (χ3v) is 5.09. The van der Waals surface area contributed by atoms with Gasteiger partial charge < -0.3 is 9.64 Å². The van der Waals surface area contributed by atoms with E-state index in [4.69, 9.17) is 10.00 Å². The number of thiophene rings is 1. The molecule has 0 bridgehead atoms. The molecule has 2 rings (SSSR count). The van der Waals surface area contributed by atoms with Crippen LogP contribution in [0.4, 0.5) is 5.69 Å². The van der Waals surface area contributed by atoms with Crippen LogP contribution in [0.3, 0.4) is 0 Å². The summed E-state index contributed by atoms with van der Waals surface area (Å²) in [5, 5.41) is 8.86. The summed E-state index contributed by atoms with van der Waals surface area (Å²) in [6, 6.07) is 12.9. The number of amides is 1. The van der Waals surface area contributed by atoms with E-state index in [-0.39, 0.29) is 18.9 Å². The summed E-state index contributed by atoms with van der Waals surface area (Å²) in [6.45, 7) is 5.81. The first-order chi connectivity index (χ1) is 12.5. The number of carbonyl (C=O) groups is 2. The molecule has 2 aromatic rings. The molecule has 1 aromatic carbocycles. The molecule has 26 heavy (non-hydrogen) atoms. The molecule has 6 heteroatoms. The SMILES string of the molecule is CCc1cc(C(=O)O[C@H](C)C(=O)N(CCC#N)c2ccccc2)sc1C. The largest absolute Gasteiger partial charge is 0.448 e. The second-order valence-electron chi connectivity index (χ2n) is 5.83. The molecule has 136 valence electrons. The number of benzene rings is 1. The highest BCUT2D eigenvalue weighted by atomic mass is 32.1. The monoisotopic (exact) mass is 370 g/mol. The smallest absolute Gasteiger partial charge is 0.349 e.